The molecule has 4 aromatic rings. The second-order valence-electron chi connectivity index (χ2n) is 16.2. The molecule has 0 saturated heterocycles. The Bertz CT molecular complexity index is 1630. The van der Waals surface area contributed by atoms with E-state index >= 15 is 0 Å². The van der Waals surface area contributed by atoms with Gasteiger partial charge in [-0.2, -0.15) is 9.97 Å². The molecule has 4 aromatic heterocycles. The maximum absolute atomic E-state index is 12.4. The van der Waals surface area contributed by atoms with Crippen molar-refractivity contribution in [3.05, 3.63) is 59.9 Å². The van der Waals surface area contributed by atoms with Crippen molar-refractivity contribution in [2.45, 2.75) is 167 Å². The molecule has 3 N–H and O–H groups in total. The second kappa shape index (κ2) is 20.9. The first-order chi connectivity index (χ1) is 26.1. The van der Waals surface area contributed by atoms with Gasteiger partial charge in [0.2, 0.25) is 11.8 Å². The summed E-state index contributed by atoms with van der Waals surface area (Å²) in [6.45, 7) is 5.66. The number of H-pyrrole nitrogens is 2. The topological polar surface area (TPSA) is 199 Å². The number of aliphatic carboxylic acids is 1. The zero-order valence-electron chi connectivity index (χ0n) is 32.4. The van der Waals surface area contributed by atoms with Gasteiger partial charge in [-0.05, 0) is 45.4 Å². The first-order valence-corrected chi connectivity index (χ1v) is 20.1. The number of hydrogen-bond donors (Lipinski definition) is 3. The molecule has 0 spiro atoms. The zero-order valence-corrected chi connectivity index (χ0v) is 32.4. The Morgan fingerprint density at radius 2 is 1.22 bits per heavy atom. The number of nitrogens with zero attached hydrogens (tertiary/aromatic N) is 6. The molecular formula is C40H60N8O6. The largest absolute Gasteiger partial charge is 0.481 e. The van der Waals surface area contributed by atoms with Gasteiger partial charge in [0.15, 0.2) is 11.6 Å². The van der Waals surface area contributed by atoms with Crippen LogP contribution in [0.5, 0.6) is 0 Å². The zero-order chi connectivity index (χ0) is 38.2. The van der Waals surface area contributed by atoms with E-state index in [1.807, 2.05) is 20.8 Å². The standard InChI is InChI=1S/C22H34N4O3.C18H26N4O3/c1-22(2,3)28-20(27)14-17(11-7-10-16-8-5-4-6-9-16)21-25-19(26-29-21)15-18-23-12-13-24-18;23-17(24)11-14(8-4-7-13-5-2-1-3-6-13)18-21-16(22-25-18)12-15-19-9-10-20-15/h12-13,16-17H,4-11,14-15H2,1-3H3,(H,23,24);9-10,13-14H,1-8,11-12H2,(H,19,20)(H,23,24)/t17-;14-/m11/s1. The van der Waals surface area contributed by atoms with Crippen LogP contribution in [-0.2, 0) is 27.2 Å². The van der Waals surface area contributed by atoms with E-state index in [1.165, 1.54) is 77.0 Å². The fourth-order valence-corrected chi connectivity index (χ4v) is 7.78. The number of rotatable bonds is 18. The lowest BCUT2D eigenvalue weighted by Crippen LogP contribution is -2.25. The molecule has 2 fully saturated rings. The maximum atomic E-state index is 12.4. The molecule has 4 heterocycles. The number of imidazole rings is 2. The van der Waals surface area contributed by atoms with Crippen molar-refractivity contribution in [3.63, 3.8) is 0 Å². The molecule has 6 rings (SSSR count). The van der Waals surface area contributed by atoms with Gasteiger partial charge in [0.1, 0.15) is 17.2 Å². The molecule has 14 heteroatoms. The quantitative estimate of drug-likeness (QED) is 0.0820. The summed E-state index contributed by atoms with van der Waals surface area (Å²) in [7, 11) is 0. The van der Waals surface area contributed by atoms with Crippen molar-refractivity contribution in [1.29, 1.82) is 0 Å². The summed E-state index contributed by atoms with van der Waals surface area (Å²) in [4.78, 5) is 47.0. The van der Waals surface area contributed by atoms with Crippen molar-refractivity contribution >= 4 is 11.9 Å². The number of carboxylic acid groups (broad SMARTS) is 1. The SMILES string of the molecule is CC(C)(C)OC(=O)C[C@@H](CCCC1CCCCC1)c1nc(Cc2ncc[nH]2)no1.O=C(O)C[C@@H](CCCC1CCCCC1)c1nc(Cc2ncc[nH]2)no1. The van der Waals surface area contributed by atoms with Gasteiger partial charge in [-0.1, -0.05) is 100 Å². The van der Waals surface area contributed by atoms with Crippen molar-refractivity contribution in [2.24, 2.45) is 11.8 Å². The van der Waals surface area contributed by atoms with Crippen molar-refractivity contribution < 1.29 is 28.5 Å². The van der Waals surface area contributed by atoms with Gasteiger partial charge in [0.25, 0.3) is 0 Å². The minimum absolute atomic E-state index is 0.0348. The molecule has 0 amide bonds. The van der Waals surface area contributed by atoms with Gasteiger partial charge in [-0.25, -0.2) is 9.97 Å². The summed E-state index contributed by atoms with van der Waals surface area (Å²) in [6.07, 6.45) is 27.7. The highest BCUT2D eigenvalue weighted by Crippen LogP contribution is 2.33. The van der Waals surface area contributed by atoms with Crippen molar-refractivity contribution in [1.82, 2.24) is 40.2 Å². The highest BCUT2D eigenvalue weighted by Gasteiger charge is 2.27. The van der Waals surface area contributed by atoms with E-state index in [0.717, 1.165) is 49.2 Å². The molecule has 2 aliphatic rings. The molecule has 2 saturated carbocycles. The Hall–Kier alpha value is -4.36. The van der Waals surface area contributed by atoms with Crippen molar-refractivity contribution in [2.75, 3.05) is 0 Å². The van der Waals surface area contributed by atoms with Crippen LogP contribution in [0.1, 0.15) is 183 Å². The third-order valence-corrected chi connectivity index (χ3v) is 10.5. The Balaban J connectivity index is 0.000000210. The van der Waals surface area contributed by atoms with Crippen LogP contribution in [0.4, 0.5) is 0 Å². The molecule has 2 atom stereocenters. The number of carboxylic acids is 1. The lowest BCUT2D eigenvalue weighted by Gasteiger charge is -2.23. The fraction of sp³-hybridized carbons (Fsp3) is 0.700. The van der Waals surface area contributed by atoms with Crippen LogP contribution in [-0.4, -0.2) is 62.9 Å². The number of aromatic amines is 2. The van der Waals surface area contributed by atoms with Crippen LogP contribution in [0, 0.1) is 11.8 Å². The molecule has 0 aromatic carbocycles. The summed E-state index contributed by atoms with van der Waals surface area (Å²) in [5.74, 6) is 3.90. The predicted octanol–water partition coefficient (Wildman–Crippen LogP) is 8.64. The minimum Gasteiger partial charge on any atom is -0.481 e. The molecule has 0 radical (unpaired) electrons. The van der Waals surface area contributed by atoms with Crippen LogP contribution in [0.3, 0.4) is 0 Å². The second-order valence-corrected chi connectivity index (χ2v) is 16.2. The van der Waals surface area contributed by atoms with E-state index < -0.39 is 11.6 Å². The third kappa shape index (κ3) is 14.5. The summed E-state index contributed by atoms with van der Waals surface area (Å²) in [5.41, 5.74) is -0.497. The van der Waals surface area contributed by atoms with Crippen LogP contribution in [0.2, 0.25) is 0 Å². The number of hydrogen-bond acceptors (Lipinski definition) is 11. The fourth-order valence-electron chi connectivity index (χ4n) is 7.78. The van der Waals surface area contributed by atoms with Gasteiger partial charge in [-0.15, -0.1) is 0 Å². The molecule has 54 heavy (non-hydrogen) atoms. The van der Waals surface area contributed by atoms with Crippen molar-refractivity contribution in [3.8, 4) is 0 Å². The maximum Gasteiger partial charge on any atom is 0.307 e. The van der Waals surface area contributed by atoms with Crippen LogP contribution < -0.4 is 0 Å². The average Bonchev–Trinajstić information content (AvgIpc) is 3.98. The molecule has 2 aliphatic carbocycles. The lowest BCUT2D eigenvalue weighted by molar-refractivity contribution is -0.155. The Kier molecular flexibility index (Phi) is 15.8. The predicted molar refractivity (Wildman–Crippen MR) is 200 cm³/mol. The number of esters is 1. The van der Waals surface area contributed by atoms with Crippen LogP contribution >= 0.6 is 0 Å². The number of aromatic nitrogens is 8. The number of carbonyl (C=O) groups is 2. The van der Waals surface area contributed by atoms with Gasteiger partial charge >= 0.3 is 11.9 Å². The third-order valence-electron chi connectivity index (χ3n) is 10.5. The van der Waals surface area contributed by atoms with Crippen LogP contribution in [0.25, 0.3) is 0 Å². The Morgan fingerprint density at radius 3 is 1.63 bits per heavy atom. The summed E-state index contributed by atoms with van der Waals surface area (Å²) < 4.78 is 16.4. The van der Waals surface area contributed by atoms with E-state index in [0.29, 0.717) is 36.3 Å². The van der Waals surface area contributed by atoms with Gasteiger partial charge in [0, 0.05) is 36.6 Å². The molecular weight excluding hydrogens is 688 g/mol. The normalized spacial score (nSPS) is 16.7. The Labute approximate surface area is 318 Å². The van der Waals surface area contributed by atoms with E-state index in [1.54, 1.807) is 24.8 Å². The molecule has 296 valence electrons. The molecule has 0 bridgehead atoms. The van der Waals surface area contributed by atoms with E-state index in [9.17, 15) is 14.7 Å². The summed E-state index contributed by atoms with van der Waals surface area (Å²) in [6, 6.07) is 0. The van der Waals surface area contributed by atoms with Gasteiger partial charge in [0.05, 0.1) is 25.7 Å². The first-order valence-electron chi connectivity index (χ1n) is 20.1. The average molecular weight is 749 g/mol. The minimum atomic E-state index is -0.826. The van der Waals surface area contributed by atoms with E-state index in [4.69, 9.17) is 13.8 Å². The molecule has 0 aliphatic heterocycles. The van der Waals surface area contributed by atoms with E-state index in [2.05, 4.69) is 40.2 Å². The van der Waals surface area contributed by atoms with E-state index in [-0.39, 0.29) is 30.6 Å². The summed E-state index contributed by atoms with van der Waals surface area (Å²) >= 11 is 0. The summed E-state index contributed by atoms with van der Waals surface area (Å²) in [5, 5.41) is 17.3. The lowest BCUT2D eigenvalue weighted by atomic mass is 9.84. The number of carbonyl (C=O) groups excluding carboxylic acids is 1. The monoisotopic (exact) mass is 748 g/mol. The van der Waals surface area contributed by atoms with Gasteiger partial charge in [-0.3, -0.25) is 9.59 Å². The smallest absolute Gasteiger partial charge is 0.307 e. The van der Waals surface area contributed by atoms with Gasteiger partial charge < -0.3 is 28.9 Å². The number of nitrogens with one attached hydrogen (secondary N) is 2. The number of ether oxygens (including phenoxy) is 1. The first kappa shape index (κ1) is 40.8. The highest BCUT2D eigenvalue weighted by molar-refractivity contribution is 5.70. The molecule has 14 nitrogen and oxygen atoms in total. The highest BCUT2D eigenvalue weighted by atomic mass is 16.6. The molecule has 0 unspecified atom stereocenters. The van der Waals surface area contributed by atoms with Crippen LogP contribution in [0.15, 0.2) is 33.8 Å². The Morgan fingerprint density at radius 1 is 0.759 bits per heavy atom.